The van der Waals surface area contributed by atoms with Gasteiger partial charge in [-0.15, -0.1) is 0 Å². The topological polar surface area (TPSA) is 105 Å². The average Bonchev–Trinajstić information content (AvgIpc) is 3.20. The first-order valence-corrected chi connectivity index (χ1v) is 12.6. The normalized spacial score (nSPS) is 24.7. The highest BCUT2D eigenvalue weighted by Crippen LogP contribution is 2.61. The van der Waals surface area contributed by atoms with Crippen LogP contribution in [0.15, 0.2) is 41.4 Å². The van der Waals surface area contributed by atoms with Gasteiger partial charge < -0.3 is 10.2 Å². The third kappa shape index (κ3) is 4.17. The lowest BCUT2D eigenvalue weighted by atomic mass is 9.98. The van der Waals surface area contributed by atoms with E-state index in [9.17, 15) is 18.0 Å². The largest absolute Gasteiger partial charge is 0.358 e. The summed E-state index contributed by atoms with van der Waals surface area (Å²) in [5.74, 6) is -0.629. The Morgan fingerprint density at radius 2 is 1.94 bits per heavy atom. The van der Waals surface area contributed by atoms with E-state index < -0.39 is 21.5 Å². The summed E-state index contributed by atoms with van der Waals surface area (Å²) >= 11 is 0. The number of rotatable bonds is 7. The van der Waals surface area contributed by atoms with Gasteiger partial charge in [-0.05, 0) is 44.2 Å². The van der Waals surface area contributed by atoms with Gasteiger partial charge in [-0.25, -0.2) is 8.42 Å². The molecule has 33 heavy (non-hydrogen) atoms. The van der Waals surface area contributed by atoms with Crippen molar-refractivity contribution in [1.29, 1.82) is 0 Å². The summed E-state index contributed by atoms with van der Waals surface area (Å²) in [6, 6.07) is 7.32. The molecule has 2 fully saturated rings. The summed E-state index contributed by atoms with van der Waals surface area (Å²) < 4.78 is 29.8. The minimum atomic E-state index is -3.86. The Kier molecular flexibility index (Phi) is 6.09. The molecule has 9 nitrogen and oxygen atoms in total. The van der Waals surface area contributed by atoms with Crippen molar-refractivity contribution in [1.82, 2.24) is 24.3 Å². The van der Waals surface area contributed by atoms with Crippen LogP contribution in [0.2, 0.25) is 0 Å². The molecule has 0 radical (unpaired) electrons. The van der Waals surface area contributed by atoms with Crippen molar-refractivity contribution in [2.75, 3.05) is 20.1 Å². The maximum Gasteiger partial charge on any atom is 0.243 e. The van der Waals surface area contributed by atoms with Gasteiger partial charge in [0.25, 0.3) is 0 Å². The van der Waals surface area contributed by atoms with Crippen molar-refractivity contribution < 1.29 is 18.0 Å². The van der Waals surface area contributed by atoms with Gasteiger partial charge in [-0.2, -0.15) is 9.40 Å². The quantitative estimate of drug-likeness (QED) is 0.653. The van der Waals surface area contributed by atoms with Crippen LogP contribution in [0.4, 0.5) is 0 Å². The Morgan fingerprint density at radius 1 is 1.24 bits per heavy atom. The molecule has 1 aliphatic carbocycles. The SMILES string of the molecule is CCN(Cc1cn(C)nc1C)C(=O)[C@H]1C[C@@]12C[C@@H](C(=O)NC)N(S(=O)(=O)c1ccccc1)C2. The maximum absolute atomic E-state index is 13.4. The van der Waals surface area contributed by atoms with E-state index in [2.05, 4.69) is 10.4 Å². The fraction of sp³-hybridized carbons (Fsp3) is 0.522. The van der Waals surface area contributed by atoms with Crippen molar-refractivity contribution in [3.05, 3.63) is 47.8 Å². The third-order valence-electron chi connectivity index (χ3n) is 6.97. The summed E-state index contributed by atoms with van der Waals surface area (Å²) in [6.07, 6.45) is 2.85. The van der Waals surface area contributed by atoms with Gasteiger partial charge in [0.15, 0.2) is 0 Å². The average molecular weight is 474 g/mol. The summed E-state index contributed by atoms with van der Waals surface area (Å²) in [5, 5.41) is 6.95. The molecule has 1 saturated carbocycles. The van der Waals surface area contributed by atoms with Crippen molar-refractivity contribution in [3.63, 3.8) is 0 Å². The molecule has 1 aromatic carbocycles. The number of amides is 2. The Bertz CT molecular complexity index is 1160. The van der Waals surface area contributed by atoms with Gasteiger partial charge in [0.1, 0.15) is 6.04 Å². The second kappa shape index (κ2) is 8.57. The lowest BCUT2D eigenvalue weighted by Gasteiger charge is -2.23. The van der Waals surface area contributed by atoms with Crippen LogP contribution < -0.4 is 5.32 Å². The molecule has 2 aliphatic rings. The van der Waals surface area contributed by atoms with E-state index in [-0.39, 0.29) is 29.2 Å². The van der Waals surface area contributed by atoms with E-state index in [0.717, 1.165) is 11.3 Å². The first-order valence-electron chi connectivity index (χ1n) is 11.2. The van der Waals surface area contributed by atoms with Gasteiger partial charge in [-0.3, -0.25) is 14.3 Å². The second-order valence-corrected chi connectivity index (χ2v) is 11.0. The highest BCUT2D eigenvalue weighted by Gasteiger charge is 2.66. The zero-order chi connectivity index (χ0) is 24.0. The number of sulfonamides is 1. The highest BCUT2D eigenvalue weighted by molar-refractivity contribution is 7.89. The van der Waals surface area contributed by atoms with Crippen LogP contribution in [0.3, 0.4) is 0 Å². The van der Waals surface area contributed by atoms with Crippen molar-refractivity contribution in [2.45, 2.75) is 44.2 Å². The molecule has 2 heterocycles. The Hall–Kier alpha value is -2.72. The van der Waals surface area contributed by atoms with Gasteiger partial charge in [0, 0.05) is 51.4 Å². The number of hydrogen-bond donors (Lipinski definition) is 1. The Balaban J connectivity index is 1.56. The molecular weight excluding hydrogens is 442 g/mol. The molecule has 10 heteroatoms. The lowest BCUT2D eigenvalue weighted by molar-refractivity contribution is -0.134. The summed E-state index contributed by atoms with van der Waals surface area (Å²) in [4.78, 5) is 28.0. The Morgan fingerprint density at radius 3 is 2.52 bits per heavy atom. The first kappa shape index (κ1) is 23.4. The number of benzene rings is 1. The summed E-state index contributed by atoms with van der Waals surface area (Å²) in [7, 11) is -0.508. The smallest absolute Gasteiger partial charge is 0.243 e. The number of nitrogens with one attached hydrogen (secondary N) is 1. The molecule has 0 bridgehead atoms. The molecule has 1 saturated heterocycles. The van der Waals surface area contributed by atoms with E-state index in [1.165, 1.54) is 23.5 Å². The number of aromatic nitrogens is 2. The summed E-state index contributed by atoms with van der Waals surface area (Å²) in [5.41, 5.74) is 1.37. The molecule has 1 N–H and O–H groups in total. The van der Waals surface area contributed by atoms with Gasteiger partial charge in [0.05, 0.1) is 10.6 Å². The molecule has 1 aromatic heterocycles. The molecule has 4 rings (SSSR count). The number of carbonyl (C=O) groups is 2. The standard InChI is InChI=1S/C23H31N5O4S/c1-5-27(14-17-13-26(4)25-16(17)2)22(30)19-11-23(19)12-20(21(29)24-3)28(15-23)33(31,32)18-9-7-6-8-10-18/h6-10,13,19-20H,5,11-12,14-15H2,1-4H3,(H,24,29)/t19-,20+,23+/m1/s1. The van der Waals surface area contributed by atoms with E-state index in [1.807, 2.05) is 27.1 Å². The van der Waals surface area contributed by atoms with Gasteiger partial charge in [0.2, 0.25) is 21.8 Å². The number of carbonyl (C=O) groups excluding carboxylic acids is 2. The van der Waals surface area contributed by atoms with Crippen LogP contribution >= 0.6 is 0 Å². The molecule has 1 aliphatic heterocycles. The Labute approximate surface area is 194 Å². The van der Waals surface area contributed by atoms with Gasteiger partial charge >= 0.3 is 0 Å². The van der Waals surface area contributed by atoms with E-state index in [4.69, 9.17) is 0 Å². The fourth-order valence-electron chi connectivity index (χ4n) is 5.02. The van der Waals surface area contributed by atoms with Gasteiger partial charge in [-0.1, -0.05) is 18.2 Å². The highest BCUT2D eigenvalue weighted by atomic mass is 32.2. The predicted molar refractivity (Wildman–Crippen MR) is 122 cm³/mol. The van der Waals surface area contributed by atoms with Crippen molar-refractivity contribution in [3.8, 4) is 0 Å². The summed E-state index contributed by atoms with van der Waals surface area (Å²) in [6.45, 7) is 5.04. The molecule has 3 atom stereocenters. The first-order chi connectivity index (χ1) is 15.6. The van der Waals surface area contributed by atoms with E-state index in [1.54, 1.807) is 27.8 Å². The molecule has 2 amide bonds. The third-order valence-corrected chi connectivity index (χ3v) is 8.84. The molecule has 0 unspecified atom stereocenters. The maximum atomic E-state index is 13.4. The molecule has 2 aromatic rings. The molecule has 178 valence electrons. The zero-order valence-corrected chi connectivity index (χ0v) is 20.3. The predicted octanol–water partition coefficient (Wildman–Crippen LogP) is 1.29. The number of hydrogen-bond acceptors (Lipinski definition) is 5. The minimum Gasteiger partial charge on any atom is -0.358 e. The van der Waals surface area contributed by atoms with E-state index >= 15 is 0 Å². The van der Waals surface area contributed by atoms with Crippen LogP contribution in [0.5, 0.6) is 0 Å². The number of aryl methyl sites for hydroxylation is 2. The molecule has 1 spiro atoms. The van der Waals surface area contributed by atoms with Crippen LogP contribution in [0, 0.1) is 18.3 Å². The van der Waals surface area contributed by atoms with Crippen molar-refractivity contribution >= 4 is 21.8 Å². The monoisotopic (exact) mass is 473 g/mol. The van der Waals surface area contributed by atoms with Crippen LogP contribution in [-0.4, -0.2) is 65.4 Å². The van der Waals surface area contributed by atoms with Crippen LogP contribution in [0.25, 0.3) is 0 Å². The second-order valence-electron chi connectivity index (χ2n) is 9.08. The fourth-order valence-corrected chi connectivity index (χ4v) is 6.72. The van der Waals surface area contributed by atoms with Crippen LogP contribution in [0.1, 0.15) is 31.0 Å². The molecular formula is C23H31N5O4S. The minimum absolute atomic E-state index is 0.00960. The van der Waals surface area contributed by atoms with E-state index in [0.29, 0.717) is 25.9 Å². The number of likely N-dealkylation sites (N-methyl/N-ethyl adjacent to an activating group) is 1. The van der Waals surface area contributed by atoms with Crippen LogP contribution in [-0.2, 0) is 33.2 Å². The lowest BCUT2D eigenvalue weighted by Crippen LogP contribution is -2.44. The number of nitrogens with zero attached hydrogens (tertiary/aromatic N) is 4. The zero-order valence-electron chi connectivity index (χ0n) is 19.5. The van der Waals surface area contributed by atoms with Crippen molar-refractivity contribution in [2.24, 2.45) is 18.4 Å².